The summed E-state index contributed by atoms with van der Waals surface area (Å²) < 4.78 is 6.89. The molecule has 0 aliphatic rings. The molecule has 1 amide bonds. The Kier molecular flexibility index (Phi) is 6.37. The lowest BCUT2D eigenvalue weighted by Gasteiger charge is -2.09. The molecule has 4 aromatic rings. The molecule has 7 heteroatoms. The molecule has 0 saturated heterocycles. The van der Waals surface area contributed by atoms with Gasteiger partial charge in [-0.1, -0.05) is 31.2 Å². The maximum atomic E-state index is 13.3. The van der Waals surface area contributed by atoms with Crippen molar-refractivity contribution in [3.63, 3.8) is 0 Å². The van der Waals surface area contributed by atoms with E-state index in [1.54, 1.807) is 0 Å². The monoisotopic (exact) mass is 447 g/mol. The lowest BCUT2D eigenvalue weighted by molar-refractivity contribution is -0.116. The summed E-state index contributed by atoms with van der Waals surface area (Å²) in [5.41, 5.74) is 3.46. The number of carbonyl (C=O) groups is 1. The van der Waals surface area contributed by atoms with Gasteiger partial charge in [0, 0.05) is 16.1 Å². The summed E-state index contributed by atoms with van der Waals surface area (Å²) >= 11 is 1.48. The van der Waals surface area contributed by atoms with Crippen molar-refractivity contribution in [3.05, 3.63) is 75.7 Å². The summed E-state index contributed by atoms with van der Waals surface area (Å²) in [7, 11) is 0. The average molecular weight is 448 g/mol. The molecule has 0 unspecified atom stereocenters. The summed E-state index contributed by atoms with van der Waals surface area (Å²) in [5.74, 6) is 0.514. The van der Waals surface area contributed by atoms with Gasteiger partial charge < -0.3 is 10.1 Å². The molecule has 0 atom stereocenters. The number of hydrogen-bond donors (Lipinski definition) is 1. The minimum absolute atomic E-state index is 0.102. The van der Waals surface area contributed by atoms with Gasteiger partial charge in [0.1, 0.15) is 17.1 Å². The maximum absolute atomic E-state index is 13.3. The van der Waals surface area contributed by atoms with Crippen LogP contribution in [0.15, 0.2) is 59.7 Å². The zero-order chi connectivity index (χ0) is 22.7. The molecule has 0 aliphatic carbocycles. The molecular formula is C25H25N3O3S. The van der Waals surface area contributed by atoms with E-state index in [0.717, 1.165) is 28.2 Å². The summed E-state index contributed by atoms with van der Waals surface area (Å²) in [6.45, 7) is 6.49. The van der Waals surface area contributed by atoms with Gasteiger partial charge >= 0.3 is 0 Å². The van der Waals surface area contributed by atoms with E-state index in [2.05, 4.69) is 17.2 Å². The number of carbonyl (C=O) groups excluding carboxylic acids is 1. The molecule has 2 aromatic heterocycles. The van der Waals surface area contributed by atoms with Gasteiger partial charge in [-0.2, -0.15) is 0 Å². The molecular weight excluding hydrogens is 422 g/mol. The van der Waals surface area contributed by atoms with Crippen LogP contribution in [0.5, 0.6) is 5.75 Å². The molecule has 0 radical (unpaired) electrons. The van der Waals surface area contributed by atoms with Gasteiger partial charge in [-0.15, -0.1) is 11.3 Å². The van der Waals surface area contributed by atoms with Crippen LogP contribution in [0.25, 0.3) is 21.3 Å². The zero-order valence-electron chi connectivity index (χ0n) is 18.3. The summed E-state index contributed by atoms with van der Waals surface area (Å²) in [5, 5.41) is 3.39. The number of nitrogens with one attached hydrogen (secondary N) is 1. The third-order valence-electron chi connectivity index (χ3n) is 5.27. The highest BCUT2D eigenvalue weighted by Gasteiger charge is 2.18. The lowest BCUT2D eigenvalue weighted by Crippen LogP contribution is -2.27. The van der Waals surface area contributed by atoms with E-state index in [1.807, 2.05) is 62.4 Å². The summed E-state index contributed by atoms with van der Waals surface area (Å²) in [6, 6.07) is 15.4. The number of ether oxygens (including phenoxy) is 1. The van der Waals surface area contributed by atoms with E-state index in [4.69, 9.17) is 4.74 Å². The van der Waals surface area contributed by atoms with Crippen LogP contribution in [0.4, 0.5) is 5.69 Å². The Hall–Kier alpha value is -3.45. The molecule has 2 aromatic carbocycles. The second-order valence-corrected chi connectivity index (χ2v) is 8.65. The zero-order valence-corrected chi connectivity index (χ0v) is 19.2. The van der Waals surface area contributed by atoms with Crippen molar-refractivity contribution in [1.29, 1.82) is 0 Å². The first-order chi connectivity index (χ1) is 15.5. The second kappa shape index (κ2) is 9.36. The van der Waals surface area contributed by atoms with Gasteiger partial charge in [0.05, 0.1) is 18.3 Å². The number of thiophene rings is 1. The Balaban J connectivity index is 1.63. The van der Waals surface area contributed by atoms with Crippen LogP contribution in [-0.2, 0) is 17.8 Å². The lowest BCUT2D eigenvalue weighted by atomic mass is 10.0. The third kappa shape index (κ3) is 4.43. The Labute approximate surface area is 190 Å². The summed E-state index contributed by atoms with van der Waals surface area (Å²) in [6.07, 6.45) is 2.38. The standard InChI is InChI=1S/C25H25N3O3S/c1-4-17-6-10-19(11-7-17)27-21(29)14-28-15-26-24-23(25(28)30)22(16(3)32-24)18-8-12-20(13-9-18)31-5-2/h6-13,15H,4-5,14H2,1-3H3,(H,27,29). The van der Waals surface area contributed by atoms with Crippen molar-refractivity contribution in [2.45, 2.75) is 33.7 Å². The predicted molar refractivity (Wildman–Crippen MR) is 130 cm³/mol. The van der Waals surface area contributed by atoms with E-state index in [9.17, 15) is 9.59 Å². The van der Waals surface area contributed by atoms with Crippen molar-refractivity contribution < 1.29 is 9.53 Å². The molecule has 4 rings (SSSR count). The van der Waals surface area contributed by atoms with E-state index < -0.39 is 0 Å². The van der Waals surface area contributed by atoms with Crippen LogP contribution in [0.1, 0.15) is 24.3 Å². The number of aromatic nitrogens is 2. The van der Waals surface area contributed by atoms with E-state index in [-0.39, 0.29) is 18.0 Å². The fourth-order valence-corrected chi connectivity index (χ4v) is 4.66. The molecule has 6 nitrogen and oxygen atoms in total. The largest absolute Gasteiger partial charge is 0.494 e. The van der Waals surface area contributed by atoms with Crippen LogP contribution in [0, 0.1) is 6.92 Å². The quantitative estimate of drug-likeness (QED) is 0.431. The third-order valence-corrected chi connectivity index (χ3v) is 6.28. The highest BCUT2D eigenvalue weighted by atomic mass is 32.1. The average Bonchev–Trinajstić information content (AvgIpc) is 3.14. The number of nitrogens with zero attached hydrogens (tertiary/aromatic N) is 2. The van der Waals surface area contributed by atoms with Crippen LogP contribution < -0.4 is 15.6 Å². The number of aryl methyl sites for hydroxylation is 2. The van der Waals surface area contributed by atoms with E-state index >= 15 is 0 Å². The topological polar surface area (TPSA) is 73.2 Å². The smallest absolute Gasteiger partial charge is 0.263 e. The number of anilines is 1. The minimum Gasteiger partial charge on any atom is -0.494 e. The molecule has 1 N–H and O–H groups in total. The van der Waals surface area contributed by atoms with Gasteiger partial charge in [-0.3, -0.25) is 14.2 Å². The Bertz CT molecular complexity index is 1310. The highest BCUT2D eigenvalue weighted by molar-refractivity contribution is 7.19. The molecule has 0 aliphatic heterocycles. The van der Waals surface area contributed by atoms with E-state index in [0.29, 0.717) is 22.5 Å². The minimum atomic E-state index is -0.271. The van der Waals surface area contributed by atoms with Gasteiger partial charge in [-0.25, -0.2) is 4.98 Å². The van der Waals surface area contributed by atoms with Gasteiger partial charge in [0.25, 0.3) is 5.56 Å². The number of amides is 1. The summed E-state index contributed by atoms with van der Waals surface area (Å²) in [4.78, 5) is 32.0. The predicted octanol–water partition coefficient (Wildman–Crippen LogP) is 5.03. The number of hydrogen-bond acceptors (Lipinski definition) is 5. The van der Waals surface area contributed by atoms with Crippen molar-refractivity contribution in [2.75, 3.05) is 11.9 Å². The molecule has 32 heavy (non-hydrogen) atoms. The Morgan fingerprint density at radius 3 is 2.47 bits per heavy atom. The maximum Gasteiger partial charge on any atom is 0.263 e. The number of fused-ring (bicyclic) bond motifs is 1. The SMILES string of the molecule is CCOc1ccc(-c2c(C)sc3ncn(CC(=O)Nc4ccc(CC)cc4)c(=O)c23)cc1. The molecule has 0 bridgehead atoms. The molecule has 2 heterocycles. The van der Waals surface area contributed by atoms with Gasteiger partial charge in [0.2, 0.25) is 5.91 Å². The van der Waals surface area contributed by atoms with Crippen LogP contribution >= 0.6 is 11.3 Å². The van der Waals surface area contributed by atoms with Crippen molar-refractivity contribution in [3.8, 4) is 16.9 Å². The number of benzene rings is 2. The molecule has 0 spiro atoms. The number of rotatable bonds is 7. The fraction of sp³-hybridized carbons (Fsp3) is 0.240. The molecule has 164 valence electrons. The van der Waals surface area contributed by atoms with Crippen molar-refractivity contribution >= 4 is 33.1 Å². The van der Waals surface area contributed by atoms with Crippen LogP contribution in [0.3, 0.4) is 0 Å². The van der Waals surface area contributed by atoms with Crippen molar-refractivity contribution in [1.82, 2.24) is 9.55 Å². The molecule has 0 fully saturated rings. The second-order valence-electron chi connectivity index (χ2n) is 7.45. The van der Waals surface area contributed by atoms with Gasteiger partial charge in [0.15, 0.2) is 0 Å². The van der Waals surface area contributed by atoms with Crippen molar-refractivity contribution in [2.24, 2.45) is 0 Å². The Morgan fingerprint density at radius 2 is 1.81 bits per heavy atom. The normalized spacial score (nSPS) is 11.0. The highest BCUT2D eigenvalue weighted by Crippen LogP contribution is 2.36. The Morgan fingerprint density at radius 1 is 1.09 bits per heavy atom. The van der Waals surface area contributed by atoms with E-state index in [1.165, 1.54) is 27.8 Å². The van der Waals surface area contributed by atoms with Gasteiger partial charge in [-0.05, 0) is 55.7 Å². The first kappa shape index (κ1) is 21.8. The first-order valence-corrected chi connectivity index (χ1v) is 11.4. The molecule has 0 saturated carbocycles. The van der Waals surface area contributed by atoms with Crippen LogP contribution in [0.2, 0.25) is 0 Å². The fourth-order valence-electron chi connectivity index (χ4n) is 3.66. The first-order valence-electron chi connectivity index (χ1n) is 10.6. The van der Waals surface area contributed by atoms with Crippen LogP contribution in [-0.4, -0.2) is 22.1 Å².